The lowest BCUT2D eigenvalue weighted by Crippen LogP contribution is -2.60. The van der Waals surface area contributed by atoms with Crippen LogP contribution in [0.15, 0.2) is 36.8 Å². The molecule has 2 saturated heterocycles. The van der Waals surface area contributed by atoms with E-state index in [4.69, 9.17) is 9.72 Å². The first-order valence-electron chi connectivity index (χ1n) is 14.0. The van der Waals surface area contributed by atoms with Gasteiger partial charge in [-0.2, -0.15) is 10.4 Å². The molecule has 0 aromatic carbocycles. The Labute approximate surface area is 239 Å². The van der Waals surface area contributed by atoms with Crippen LogP contribution in [0.2, 0.25) is 0 Å². The number of Topliss-reactive ketones (excluding diaryl/α,β-unsaturated/α-hetero) is 1. The minimum absolute atomic E-state index is 0.00921. The molecule has 2 fully saturated rings. The summed E-state index contributed by atoms with van der Waals surface area (Å²) in [5, 5.41) is 30.5. The van der Waals surface area contributed by atoms with Crippen LogP contribution in [0.3, 0.4) is 0 Å². The Balaban J connectivity index is 1.28. The molecular formula is C30H37N7O4. The Morgan fingerprint density at radius 2 is 2.05 bits per heavy atom. The second-order valence-corrected chi connectivity index (χ2v) is 12.2. The average molecular weight is 560 g/mol. The fraction of sp³-hybridized carbons (Fsp3) is 0.500. The maximum Gasteiger partial charge on any atom is 0.238 e. The third-order valence-electron chi connectivity index (χ3n) is 7.74. The lowest BCUT2D eigenvalue weighted by molar-refractivity contribution is -0.131. The van der Waals surface area contributed by atoms with Crippen molar-refractivity contribution in [1.29, 1.82) is 5.26 Å². The van der Waals surface area contributed by atoms with Gasteiger partial charge in [0.15, 0.2) is 0 Å². The normalized spacial score (nSPS) is 21.0. The summed E-state index contributed by atoms with van der Waals surface area (Å²) in [5.74, 6) is 1.36. The van der Waals surface area contributed by atoms with Gasteiger partial charge in [-0.3, -0.25) is 9.59 Å². The van der Waals surface area contributed by atoms with Gasteiger partial charge in [-0.05, 0) is 58.7 Å². The van der Waals surface area contributed by atoms with Crippen molar-refractivity contribution in [2.45, 2.75) is 76.6 Å². The van der Waals surface area contributed by atoms with Crippen LogP contribution >= 0.6 is 0 Å². The summed E-state index contributed by atoms with van der Waals surface area (Å²) >= 11 is 0. The van der Waals surface area contributed by atoms with E-state index in [2.05, 4.69) is 33.6 Å². The Bertz CT molecular complexity index is 1480. The lowest BCUT2D eigenvalue weighted by Gasteiger charge is -2.41. The molecule has 41 heavy (non-hydrogen) atoms. The van der Waals surface area contributed by atoms with Gasteiger partial charge in [-0.15, -0.1) is 0 Å². The summed E-state index contributed by atoms with van der Waals surface area (Å²) < 4.78 is 7.44. The Kier molecular flexibility index (Phi) is 7.72. The second kappa shape index (κ2) is 11.1. The third-order valence-corrected chi connectivity index (χ3v) is 7.74. The number of amides is 1. The number of carbonyl (C=O) groups is 2. The molecule has 1 amide bonds. The summed E-state index contributed by atoms with van der Waals surface area (Å²) in [6.07, 6.45) is 7.20. The number of nitrogens with zero attached hydrogens (tertiary/aromatic N) is 5. The molecule has 11 heteroatoms. The van der Waals surface area contributed by atoms with Crippen LogP contribution in [0, 0.1) is 11.3 Å². The van der Waals surface area contributed by atoms with Gasteiger partial charge in [0, 0.05) is 54.8 Å². The minimum atomic E-state index is -1.00. The predicted octanol–water partition coefficient (Wildman–Crippen LogP) is 2.60. The first-order valence-corrected chi connectivity index (χ1v) is 14.0. The van der Waals surface area contributed by atoms with Crippen molar-refractivity contribution in [2.75, 3.05) is 24.6 Å². The van der Waals surface area contributed by atoms with Crippen LogP contribution < -0.4 is 20.3 Å². The second-order valence-electron chi connectivity index (χ2n) is 12.2. The largest absolute Gasteiger partial charge is 0.489 e. The monoisotopic (exact) mass is 559 g/mol. The summed E-state index contributed by atoms with van der Waals surface area (Å²) in [6.45, 7) is 8.88. The Morgan fingerprint density at radius 3 is 2.68 bits per heavy atom. The van der Waals surface area contributed by atoms with Crippen LogP contribution in [0.25, 0.3) is 16.6 Å². The van der Waals surface area contributed by atoms with Gasteiger partial charge >= 0.3 is 0 Å². The molecule has 11 nitrogen and oxygen atoms in total. The van der Waals surface area contributed by atoms with Gasteiger partial charge in [0.1, 0.15) is 30.0 Å². The molecule has 3 aromatic rings. The van der Waals surface area contributed by atoms with Gasteiger partial charge in [-0.1, -0.05) is 0 Å². The highest BCUT2D eigenvalue weighted by Gasteiger charge is 2.36. The summed E-state index contributed by atoms with van der Waals surface area (Å²) in [5.41, 5.74) is 1.30. The number of anilines is 1. The van der Waals surface area contributed by atoms with Gasteiger partial charge in [0.05, 0.1) is 35.1 Å². The van der Waals surface area contributed by atoms with E-state index in [-0.39, 0.29) is 36.3 Å². The van der Waals surface area contributed by atoms with Crippen molar-refractivity contribution in [3.8, 4) is 22.9 Å². The molecular weight excluding hydrogens is 522 g/mol. The highest BCUT2D eigenvalue weighted by atomic mass is 16.5. The highest BCUT2D eigenvalue weighted by Crippen LogP contribution is 2.32. The Hall–Kier alpha value is -4.01. The molecule has 0 radical (unpaired) electrons. The van der Waals surface area contributed by atoms with Crippen LogP contribution in [0.4, 0.5) is 5.82 Å². The molecule has 0 spiro atoms. The number of nitrogens with one attached hydrogen (secondary N) is 2. The zero-order valence-electron chi connectivity index (χ0n) is 24.0. The average Bonchev–Trinajstić information content (AvgIpc) is 3.34. The van der Waals surface area contributed by atoms with Gasteiger partial charge in [0.25, 0.3) is 0 Å². The van der Waals surface area contributed by atoms with E-state index >= 15 is 0 Å². The molecule has 0 aliphatic carbocycles. The molecule has 2 aliphatic heterocycles. The quantitative estimate of drug-likeness (QED) is 0.398. The molecule has 2 aliphatic rings. The number of rotatable bonds is 7. The van der Waals surface area contributed by atoms with Gasteiger partial charge < -0.3 is 25.4 Å². The maximum absolute atomic E-state index is 12.9. The molecule has 3 N–H and O–H groups in total. The molecule has 0 bridgehead atoms. The zero-order valence-corrected chi connectivity index (χ0v) is 24.0. The SMILES string of the molecule is CC1CC(=O)CC(C(=O)NC2(C)CCN(c3ccc(-c4cc(OCC(C)(C)O)cn5ncc(C#N)c45)cn3)CC2)N1. The zero-order chi connectivity index (χ0) is 29.4. The number of aliphatic hydroxyl groups is 1. The standard InChI is InChI=1S/C30H37N7O4/c1-19-11-22(38)12-25(34-19)28(39)35-30(4)7-9-36(10-8-30)26-6-5-20(15-32-26)24-13-23(41-18-29(2,3)40)17-37-27(24)21(14-31)16-33-37/h5-6,13,15-17,19,25,34,40H,7-12,18H2,1-4H3,(H,35,39). The van der Waals surface area contributed by atoms with Gasteiger partial charge in [0.2, 0.25) is 5.91 Å². The van der Waals surface area contributed by atoms with E-state index in [0.29, 0.717) is 23.3 Å². The smallest absolute Gasteiger partial charge is 0.238 e. The number of ether oxygens (including phenoxy) is 1. The van der Waals surface area contributed by atoms with E-state index in [0.717, 1.165) is 42.9 Å². The fourth-order valence-corrected chi connectivity index (χ4v) is 5.49. The van der Waals surface area contributed by atoms with Crippen LogP contribution in [-0.2, 0) is 9.59 Å². The number of pyridine rings is 2. The fourth-order valence-electron chi connectivity index (χ4n) is 5.49. The number of fused-ring (bicyclic) bond motifs is 1. The maximum atomic E-state index is 12.9. The number of hydrogen-bond acceptors (Lipinski definition) is 9. The van der Waals surface area contributed by atoms with Crippen molar-refractivity contribution >= 4 is 23.0 Å². The van der Waals surface area contributed by atoms with E-state index in [1.54, 1.807) is 30.8 Å². The van der Waals surface area contributed by atoms with Crippen molar-refractivity contribution in [2.24, 2.45) is 0 Å². The number of hydrogen-bond donors (Lipinski definition) is 3. The molecule has 3 aromatic heterocycles. The van der Waals surface area contributed by atoms with E-state index in [1.807, 2.05) is 25.1 Å². The molecule has 0 saturated carbocycles. The number of nitriles is 1. The molecule has 5 rings (SSSR count). The third kappa shape index (κ3) is 6.50. The first-order chi connectivity index (χ1) is 19.4. The molecule has 2 atom stereocenters. The highest BCUT2D eigenvalue weighted by molar-refractivity contribution is 5.91. The molecule has 5 heterocycles. The number of ketones is 1. The summed E-state index contributed by atoms with van der Waals surface area (Å²) in [4.78, 5) is 31.8. The van der Waals surface area contributed by atoms with Crippen molar-refractivity contribution in [3.63, 3.8) is 0 Å². The van der Waals surface area contributed by atoms with E-state index in [9.17, 15) is 20.0 Å². The minimum Gasteiger partial charge on any atom is -0.489 e. The van der Waals surface area contributed by atoms with Gasteiger partial charge in [-0.25, -0.2) is 9.50 Å². The summed E-state index contributed by atoms with van der Waals surface area (Å²) in [7, 11) is 0. The van der Waals surface area contributed by atoms with Crippen molar-refractivity contribution in [3.05, 3.63) is 42.4 Å². The number of aromatic nitrogens is 3. The van der Waals surface area contributed by atoms with E-state index in [1.165, 1.54) is 6.20 Å². The predicted molar refractivity (Wildman–Crippen MR) is 154 cm³/mol. The van der Waals surface area contributed by atoms with Crippen molar-refractivity contribution < 1.29 is 19.4 Å². The Morgan fingerprint density at radius 1 is 1.29 bits per heavy atom. The van der Waals surface area contributed by atoms with Crippen molar-refractivity contribution in [1.82, 2.24) is 25.2 Å². The van der Waals surface area contributed by atoms with Crippen LogP contribution in [0.5, 0.6) is 5.75 Å². The van der Waals surface area contributed by atoms with Crippen LogP contribution in [0.1, 0.15) is 58.9 Å². The first kappa shape index (κ1) is 28.5. The van der Waals surface area contributed by atoms with E-state index < -0.39 is 11.6 Å². The molecule has 2 unspecified atom stereocenters. The van der Waals surface area contributed by atoms with Crippen LogP contribution in [-0.4, -0.2) is 74.3 Å². The lowest BCUT2D eigenvalue weighted by atomic mass is 9.88. The topological polar surface area (TPSA) is 145 Å². The summed E-state index contributed by atoms with van der Waals surface area (Å²) in [6, 6.07) is 7.50. The molecule has 216 valence electrons. The number of carbonyl (C=O) groups excluding carboxylic acids is 2. The number of piperidine rings is 2.